The molecule has 2 heterocycles. The van der Waals surface area contributed by atoms with Crippen molar-refractivity contribution in [3.05, 3.63) is 54.0 Å². The smallest absolute Gasteiger partial charge is 0.124 e. The SMILES string of the molecule is CC(CCc1ccco1)NC1CCOc2ccccc21. The predicted molar refractivity (Wildman–Crippen MR) is 78.9 cm³/mol. The van der Waals surface area contributed by atoms with Crippen LogP contribution in [0.25, 0.3) is 0 Å². The summed E-state index contributed by atoms with van der Waals surface area (Å²) >= 11 is 0. The molecule has 3 nitrogen and oxygen atoms in total. The highest BCUT2D eigenvalue weighted by molar-refractivity contribution is 5.37. The zero-order valence-electron chi connectivity index (χ0n) is 11.8. The highest BCUT2D eigenvalue weighted by atomic mass is 16.5. The molecule has 1 aliphatic heterocycles. The van der Waals surface area contributed by atoms with E-state index in [9.17, 15) is 0 Å². The molecule has 2 unspecified atom stereocenters. The highest BCUT2D eigenvalue weighted by Crippen LogP contribution is 2.31. The number of hydrogen-bond donors (Lipinski definition) is 1. The Hall–Kier alpha value is -1.74. The van der Waals surface area contributed by atoms with Gasteiger partial charge < -0.3 is 14.5 Å². The van der Waals surface area contributed by atoms with Crippen molar-refractivity contribution in [2.75, 3.05) is 6.61 Å². The molecule has 20 heavy (non-hydrogen) atoms. The second-order valence-corrected chi connectivity index (χ2v) is 5.41. The van der Waals surface area contributed by atoms with Crippen molar-refractivity contribution in [2.45, 2.75) is 38.3 Å². The van der Waals surface area contributed by atoms with E-state index in [0.29, 0.717) is 12.1 Å². The average molecular weight is 271 g/mol. The topological polar surface area (TPSA) is 34.4 Å². The summed E-state index contributed by atoms with van der Waals surface area (Å²) in [5.74, 6) is 2.08. The first kappa shape index (κ1) is 13.3. The number of benzene rings is 1. The van der Waals surface area contributed by atoms with Gasteiger partial charge in [-0.05, 0) is 31.5 Å². The largest absolute Gasteiger partial charge is 0.493 e. The Morgan fingerprint density at radius 2 is 2.15 bits per heavy atom. The van der Waals surface area contributed by atoms with Gasteiger partial charge in [-0.3, -0.25) is 0 Å². The molecule has 0 fully saturated rings. The molecule has 3 heteroatoms. The molecule has 0 spiro atoms. The molecule has 1 N–H and O–H groups in total. The normalized spacial score (nSPS) is 19.1. The number of nitrogens with one attached hydrogen (secondary N) is 1. The second-order valence-electron chi connectivity index (χ2n) is 5.41. The van der Waals surface area contributed by atoms with Crippen molar-refractivity contribution >= 4 is 0 Å². The zero-order valence-corrected chi connectivity index (χ0v) is 11.8. The number of para-hydroxylation sites is 1. The van der Waals surface area contributed by atoms with Crippen molar-refractivity contribution in [3.8, 4) is 5.75 Å². The molecule has 1 aromatic heterocycles. The highest BCUT2D eigenvalue weighted by Gasteiger charge is 2.22. The third-order valence-corrected chi connectivity index (χ3v) is 3.85. The summed E-state index contributed by atoms with van der Waals surface area (Å²) < 4.78 is 11.1. The first-order valence-electron chi connectivity index (χ1n) is 7.33. The van der Waals surface area contributed by atoms with E-state index in [1.165, 1.54) is 5.56 Å². The lowest BCUT2D eigenvalue weighted by atomic mass is 9.99. The minimum atomic E-state index is 0.395. The first-order valence-corrected chi connectivity index (χ1v) is 7.33. The summed E-state index contributed by atoms with van der Waals surface area (Å²) in [6.45, 7) is 3.03. The molecule has 0 radical (unpaired) electrons. The van der Waals surface area contributed by atoms with Crippen molar-refractivity contribution in [2.24, 2.45) is 0 Å². The fourth-order valence-electron chi connectivity index (χ4n) is 2.76. The van der Waals surface area contributed by atoms with Crippen molar-refractivity contribution in [1.29, 1.82) is 0 Å². The van der Waals surface area contributed by atoms with Gasteiger partial charge >= 0.3 is 0 Å². The summed E-state index contributed by atoms with van der Waals surface area (Å²) in [6, 6.07) is 13.2. The molecule has 0 saturated carbocycles. The van der Waals surface area contributed by atoms with Crippen LogP contribution in [-0.4, -0.2) is 12.6 Å². The Balaban J connectivity index is 1.58. The lowest BCUT2D eigenvalue weighted by Gasteiger charge is -2.29. The Labute approximate surface area is 119 Å². The van der Waals surface area contributed by atoms with Gasteiger partial charge in [-0.2, -0.15) is 0 Å². The molecular weight excluding hydrogens is 250 g/mol. The van der Waals surface area contributed by atoms with Gasteiger partial charge in [0.2, 0.25) is 0 Å². The molecule has 2 aromatic rings. The maximum absolute atomic E-state index is 5.70. The van der Waals surface area contributed by atoms with Gasteiger partial charge in [-0.25, -0.2) is 0 Å². The Bertz CT molecular complexity index is 536. The molecule has 106 valence electrons. The molecule has 0 saturated heterocycles. The summed E-state index contributed by atoms with van der Waals surface area (Å²) in [5, 5.41) is 3.72. The number of fused-ring (bicyclic) bond motifs is 1. The Kier molecular flexibility index (Phi) is 4.07. The number of furan rings is 1. The van der Waals surface area contributed by atoms with E-state index in [-0.39, 0.29) is 0 Å². The van der Waals surface area contributed by atoms with E-state index < -0.39 is 0 Å². The van der Waals surface area contributed by atoms with Crippen LogP contribution in [0, 0.1) is 0 Å². The van der Waals surface area contributed by atoms with E-state index >= 15 is 0 Å². The van der Waals surface area contributed by atoms with Gasteiger partial charge in [0.1, 0.15) is 11.5 Å². The van der Waals surface area contributed by atoms with Crippen LogP contribution in [0.2, 0.25) is 0 Å². The second kappa shape index (κ2) is 6.14. The standard InChI is InChI=1S/C17H21NO2/c1-13(8-9-14-5-4-11-19-14)18-16-10-12-20-17-7-3-2-6-15(16)17/h2-7,11,13,16,18H,8-10,12H2,1H3. The molecule has 3 rings (SSSR count). The van der Waals surface area contributed by atoms with Crippen molar-refractivity contribution in [1.82, 2.24) is 5.32 Å². The van der Waals surface area contributed by atoms with E-state index in [0.717, 1.165) is 37.4 Å². The fraction of sp³-hybridized carbons (Fsp3) is 0.412. The molecule has 0 bridgehead atoms. The van der Waals surface area contributed by atoms with Crippen LogP contribution in [-0.2, 0) is 6.42 Å². The number of aryl methyl sites for hydroxylation is 1. The van der Waals surface area contributed by atoms with Gasteiger partial charge in [-0.15, -0.1) is 0 Å². The van der Waals surface area contributed by atoms with Crippen LogP contribution in [0.1, 0.15) is 37.1 Å². The maximum atomic E-state index is 5.70. The van der Waals surface area contributed by atoms with E-state index in [2.05, 4.69) is 30.4 Å². The zero-order chi connectivity index (χ0) is 13.8. The van der Waals surface area contributed by atoms with Gasteiger partial charge in [0, 0.05) is 30.5 Å². The van der Waals surface area contributed by atoms with Gasteiger partial charge in [0.05, 0.1) is 12.9 Å². The number of ether oxygens (including phenoxy) is 1. The first-order chi connectivity index (χ1) is 9.83. The fourth-order valence-corrected chi connectivity index (χ4v) is 2.76. The average Bonchev–Trinajstić information content (AvgIpc) is 2.99. The van der Waals surface area contributed by atoms with Gasteiger partial charge in [0.15, 0.2) is 0 Å². The Morgan fingerprint density at radius 1 is 1.25 bits per heavy atom. The van der Waals surface area contributed by atoms with E-state index in [1.807, 2.05) is 18.2 Å². The van der Waals surface area contributed by atoms with Gasteiger partial charge in [0.25, 0.3) is 0 Å². The van der Waals surface area contributed by atoms with Crippen molar-refractivity contribution in [3.63, 3.8) is 0 Å². The quantitative estimate of drug-likeness (QED) is 0.900. The van der Waals surface area contributed by atoms with Crippen LogP contribution in [0.4, 0.5) is 0 Å². The molecule has 2 atom stereocenters. The van der Waals surface area contributed by atoms with Gasteiger partial charge in [-0.1, -0.05) is 18.2 Å². The molecular formula is C17H21NO2. The van der Waals surface area contributed by atoms with Crippen molar-refractivity contribution < 1.29 is 9.15 Å². The number of hydrogen-bond acceptors (Lipinski definition) is 3. The minimum absolute atomic E-state index is 0.395. The minimum Gasteiger partial charge on any atom is -0.493 e. The van der Waals surface area contributed by atoms with Crippen LogP contribution in [0.3, 0.4) is 0 Å². The van der Waals surface area contributed by atoms with Crippen LogP contribution in [0.15, 0.2) is 47.1 Å². The van der Waals surface area contributed by atoms with Crippen LogP contribution in [0.5, 0.6) is 5.75 Å². The summed E-state index contributed by atoms with van der Waals surface area (Å²) in [7, 11) is 0. The molecule has 0 amide bonds. The third-order valence-electron chi connectivity index (χ3n) is 3.85. The third kappa shape index (κ3) is 3.05. The number of rotatable bonds is 5. The van der Waals surface area contributed by atoms with E-state index in [1.54, 1.807) is 6.26 Å². The van der Waals surface area contributed by atoms with Crippen LogP contribution < -0.4 is 10.1 Å². The lowest BCUT2D eigenvalue weighted by Crippen LogP contribution is -2.34. The summed E-state index contributed by atoms with van der Waals surface area (Å²) in [6.07, 6.45) is 4.82. The molecule has 1 aliphatic rings. The summed E-state index contributed by atoms with van der Waals surface area (Å²) in [5.41, 5.74) is 1.28. The predicted octanol–water partition coefficient (Wildman–Crippen LogP) is 3.71. The maximum Gasteiger partial charge on any atom is 0.124 e. The van der Waals surface area contributed by atoms with E-state index in [4.69, 9.17) is 9.15 Å². The molecule has 1 aromatic carbocycles. The van der Waals surface area contributed by atoms with Crippen LogP contribution >= 0.6 is 0 Å². The Morgan fingerprint density at radius 3 is 3.00 bits per heavy atom. The lowest BCUT2D eigenvalue weighted by molar-refractivity contribution is 0.243. The molecule has 0 aliphatic carbocycles. The monoisotopic (exact) mass is 271 g/mol. The summed E-state index contributed by atoms with van der Waals surface area (Å²) in [4.78, 5) is 0.